The Morgan fingerprint density at radius 2 is 1.84 bits per heavy atom. The zero-order valence-electron chi connectivity index (χ0n) is 13.3. The number of primary amides is 1. The predicted molar refractivity (Wildman–Crippen MR) is 95.2 cm³/mol. The number of anilines is 1. The average molecular weight is 358 g/mol. The molecule has 7 heteroatoms. The summed E-state index contributed by atoms with van der Waals surface area (Å²) < 4.78 is 5.27. The fourth-order valence-corrected chi connectivity index (χ4v) is 2.61. The Morgan fingerprint density at radius 1 is 1.16 bits per heavy atom. The van der Waals surface area contributed by atoms with Crippen LogP contribution in [-0.4, -0.2) is 23.6 Å². The van der Waals surface area contributed by atoms with Gasteiger partial charge < -0.3 is 10.5 Å². The largest absolute Gasteiger partial charge is 0.456 e. The second-order valence-corrected chi connectivity index (χ2v) is 5.99. The number of hydrogen-bond donors (Lipinski definition) is 1. The molecule has 2 aromatic rings. The molecule has 0 fully saturated rings. The van der Waals surface area contributed by atoms with E-state index < -0.39 is 17.9 Å². The summed E-state index contributed by atoms with van der Waals surface area (Å²) in [5.41, 5.74) is 7.11. The molecule has 1 atom stereocenters. The first-order chi connectivity index (χ1) is 12.0. The normalized spacial score (nSPS) is 16.4. The van der Waals surface area contributed by atoms with Gasteiger partial charge in [-0.15, -0.1) is 0 Å². The van der Waals surface area contributed by atoms with Crippen LogP contribution >= 0.6 is 11.6 Å². The van der Waals surface area contributed by atoms with Gasteiger partial charge in [0.2, 0.25) is 5.91 Å². The van der Waals surface area contributed by atoms with Gasteiger partial charge in [-0.05, 0) is 29.8 Å². The number of amides is 1. The SMILES string of the molecule is NC(=O)C1CC(C(=O)OCc2ccc(Cl)cc2)=NN1c1ccccc1. The molecule has 1 aliphatic rings. The first-order valence-corrected chi connectivity index (χ1v) is 8.05. The first-order valence-electron chi connectivity index (χ1n) is 7.67. The molecule has 0 saturated heterocycles. The van der Waals surface area contributed by atoms with Crippen molar-refractivity contribution in [3.8, 4) is 0 Å². The minimum absolute atomic E-state index is 0.0988. The molecule has 0 bridgehead atoms. The highest BCUT2D eigenvalue weighted by atomic mass is 35.5. The average Bonchev–Trinajstić information content (AvgIpc) is 3.07. The highest BCUT2D eigenvalue weighted by Gasteiger charge is 2.35. The molecule has 0 saturated carbocycles. The third kappa shape index (κ3) is 3.97. The summed E-state index contributed by atoms with van der Waals surface area (Å²) in [6.45, 7) is 0.0988. The fraction of sp³-hybridized carbons (Fsp3) is 0.167. The molecule has 1 heterocycles. The molecule has 128 valence electrons. The monoisotopic (exact) mass is 357 g/mol. The molecule has 1 unspecified atom stereocenters. The maximum absolute atomic E-state index is 12.3. The van der Waals surface area contributed by atoms with Gasteiger partial charge >= 0.3 is 5.97 Å². The van der Waals surface area contributed by atoms with E-state index in [1.807, 2.05) is 18.2 Å². The third-order valence-electron chi connectivity index (χ3n) is 3.78. The molecular weight excluding hydrogens is 342 g/mol. The van der Waals surface area contributed by atoms with Crippen LogP contribution in [0.4, 0.5) is 5.69 Å². The lowest BCUT2D eigenvalue weighted by atomic mass is 10.1. The smallest absolute Gasteiger partial charge is 0.354 e. The second kappa shape index (κ2) is 7.36. The zero-order chi connectivity index (χ0) is 17.8. The Kier molecular flexibility index (Phi) is 5.00. The van der Waals surface area contributed by atoms with Crippen LogP contribution in [-0.2, 0) is 20.9 Å². The Bertz CT molecular complexity index is 806. The van der Waals surface area contributed by atoms with E-state index in [1.54, 1.807) is 36.4 Å². The molecule has 0 aliphatic carbocycles. The number of ether oxygens (including phenoxy) is 1. The molecule has 1 aliphatic heterocycles. The quantitative estimate of drug-likeness (QED) is 0.833. The van der Waals surface area contributed by atoms with E-state index in [2.05, 4.69) is 5.10 Å². The van der Waals surface area contributed by atoms with E-state index >= 15 is 0 Å². The van der Waals surface area contributed by atoms with Crippen molar-refractivity contribution in [3.05, 3.63) is 65.2 Å². The number of rotatable bonds is 5. The van der Waals surface area contributed by atoms with Crippen LogP contribution in [0.3, 0.4) is 0 Å². The summed E-state index contributed by atoms with van der Waals surface area (Å²) >= 11 is 5.82. The van der Waals surface area contributed by atoms with E-state index in [0.717, 1.165) is 5.56 Å². The van der Waals surface area contributed by atoms with Crippen LogP contribution < -0.4 is 10.7 Å². The molecule has 0 radical (unpaired) electrons. The second-order valence-electron chi connectivity index (χ2n) is 5.55. The van der Waals surface area contributed by atoms with Gasteiger partial charge in [0.05, 0.1) is 5.69 Å². The van der Waals surface area contributed by atoms with Crippen molar-refractivity contribution in [2.45, 2.75) is 19.1 Å². The zero-order valence-corrected chi connectivity index (χ0v) is 14.0. The van der Waals surface area contributed by atoms with E-state index in [9.17, 15) is 9.59 Å². The molecule has 25 heavy (non-hydrogen) atoms. The van der Waals surface area contributed by atoms with Crippen LogP contribution in [0.1, 0.15) is 12.0 Å². The van der Waals surface area contributed by atoms with Crippen LogP contribution in [0, 0.1) is 0 Å². The molecule has 3 rings (SSSR count). The van der Waals surface area contributed by atoms with Crippen molar-refractivity contribution < 1.29 is 14.3 Å². The van der Waals surface area contributed by atoms with Gasteiger partial charge in [0, 0.05) is 11.4 Å². The molecule has 2 aromatic carbocycles. The molecule has 0 aromatic heterocycles. The van der Waals surface area contributed by atoms with Gasteiger partial charge in [0.1, 0.15) is 18.4 Å². The van der Waals surface area contributed by atoms with Gasteiger partial charge in [0.15, 0.2) is 0 Å². The van der Waals surface area contributed by atoms with E-state index in [-0.39, 0.29) is 18.7 Å². The maximum atomic E-state index is 12.3. The summed E-state index contributed by atoms with van der Waals surface area (Å²) in [5.74, 6) is -1.12. The number of carbonyl (C=O) groups is 2. The van der Waals surface area contributed by atoms with Crippen LogP contribution in [0.25, 0.3) is 0 Å². The van der Waals surface area contributed by atoms with E-state index in [0.29, 0.717) is 10.7 Å². The van der Waals surface area contributed by atoms with Gasteiger partial charge in [-0.2, -0.15) is 5.10 Å². The van der Waals surface area contributed by atoms with Crippen molar-refractivity contribution in [2.75, 3.05) is 5.01 Å². The lowest BCUT2D eigenvalue weighted by molar-refractivity contribution is -0.136. The highest BCUT2D eigenvalue weighted by Crippen LogP contribution is 2.24. The fourth-order valence-electron chi connectivity index (χ4n) is 2.49. The van der Waals surface area contributed by atoms with Gasteiger partial charge in [0.25, 0.3) is 0 Å². The van der Waals surface area contributed by atoms with Crippen molar-refractivity contribution in [3.63, 3.8) is 0 Å². The molecular formula is C18H16ClN3O3. The summed E-state index contributed by atoms with van der Waals surface area (Å²) in [6, 6.07) is 15.4. The van der Waals surface area contributed by atoms with E-state index in [1.165, 1.54) is 5.01 Å². The standard InChI is InChI=1S/C18H16ClN3O3/c19-13-8-6-12(7-9-13)11-25-18(24)15-10-16(17(20)23)22(21-15)14-4-2-1-3-5-14/h1-9,16H,10-11H2,(H2,20,23). The Morgan fingerprint density at radius 3 is 2.48 bits per heavy atom. The topological polar surface area (TPSA) is 85.0 Å². The number of nitrogens with two attached hydrogens (primary N) is 1. The van der Waals surface area contributed by atoms with Crippen LogP contribution in [0.15, 0.2) is 59.7 Å². The first kappa shape index (κ1) is 17.0. The number of para-hydroxylation sites is 1. The van der Waals surface area contributed by atoms with E-state index in [4.69, 9.17) is 22.1 Å². The summed E-state index contributed by atoms with van der Waals surface area (Å²) in [5, 5.41) is 6.31. The predicted octanol–water partition coefficient (Wildman–Crippen LogP) is 2.50. The number of hydrogen-bond acceptors (Lipinski definition) is 5. The number of carbonyl (C=O) groups excluding carboxylic acids is 2. The van der Waals surface area contributed by atoms with Crippen molar-refractivity contribution in [1.82, 2.24) is 0 Å². The summed E-state index contributed by atoms with van der Waals surface area (Å²) in [6.07, 6.45) is 0.115. The minimum Gasteiger partial charge on any atom is -0.456 e. The Balaban J connectivity index is 1.71. The van der Waals surface area contributed by atoms with Crippen LogP contribution in [0.2, 0.25) is 5.02 Å². The minimum atomic E-state index is -0.708. The molecule has 6 nitrogen and oxygen atoms in total. The Labute approximate surface area is 149 Å². The molecule has 2 N–H and O–H groups in total. The number of halogens is 1. The lowest BCUT2D eigenvalue weighted by Gasteiger charge is -2.20. The van der Waals surface area contributed by atoms with Crippen LogP contribution in [0.5, 0.6) is 0 Å². The molecule has 1 amide bonds. The number of nitrogens with zero attached hydrogens (tertiary/aromatic N) is 2. The van der Waals surface area contributed by atoms with Gasteiger partial charge in [-0.1, -0.05) is 41.9 Å². The summed E-state index contributed by atoms with van der Waals surface area (Å²) in [4.78, 5) is 24.0. The van der Waals surface area contributed by atoms with Gasteiger partial charge in [-0.3, -0.25) is 9.80 Å². The van der Waals surface area contributed by atoms with Crippen molar-refractivity contribution in [2.24, 2.45) is 10.8 Å². The number of benzene rings is 2. The number of esters is 1. The van der Waals surface area contributed by atoms with Crippen molar-refractivity contribution in [1.29, 1.82) is 0 Å². The molecule has 0 spiro atoms. The Hall–Kier alpha value is -2.86. The third-order valence-corrected chi connectivity index (χ3v) is 4.03. The van der Waals surface area contributed by atoms with Crippen molar-refractivity contribution >= 4 is 34.9 Å². The number of hydrazone groups is 1. The summed E-state index contributed by atoms with van der Waals surface area (Å²) in [7, 11) is 0. The van der Waals surface area contributed by atoms with Gasteiger partial charge in [-0.25, -0.2) is 4.79 Å². The highest BCUT2D eigenvalue weighted by molar-refractivity contribution is 6.38. The lowest BCUT2D eigenvalue weighted by Crippen LogP contribution is -2.39. The maximum Gasteiger partial charge on any atom is 0.354 e.